The molecule has 0 bridgehead atoms. The van der Waals surface area contributed by atoms with Crippen molar-refractivity contribution in [2.24, 2.45) is 0 Å². The Hall–Kier alpha value is -1.74. The predicted octanol–water partition coefficient (Wildman–Crippen LogP) is 3.86. The molecule has 0 radical (unpaired) electrons. The van der Waals surface area contributed by atoms with E-state index in [4.69, 9.17) is 4.74 Å². The lowest BCUT2D eigenvalue weighted by Gasteiger charge is -2.16. The van der Waals surface area contributed by atoms with Gasteiger partial charge in [-0.15, -0.1) is 0 Å². The van der Waals surface area contributed by atoms with E-state index in [0.717, 1.165) is 5.23 Å². The summed E-state index contributed by atoms with van der Waals surface area (Å²) in [7, 11) is 4.05. The lowest BCUT2D eigenvalue weighted by atomic mass is 10.0. The molecule has 2 atom stereocenters. The van der Waals surface area contributed by atoms with Crippen molar-refractivity contribution in [3.63, 3.8) is 0 Å². The van der Waals surface area contributed by atoms with Crippen LogP contribution in [0.1, 0.15) is 22.5 Å². The average molecular weight is 284 g/mol. The summed E-state index contributed by atoms with van der Waals surface area (Å²) >= 11 is 1.80. The van der Waals surface area contributed by atoms with E-state index in [1.54, 1.807) is 11.8 Å². The van der Waals surface area contributed by atoms with E-state index in [1.165, 1.54) is 11.1 Å². The van der Waals surface area contributed by atoms with Gasteiger partial charge in [-0.05, 0) is 22.9 Å². The van der Waals surface area contributed by atoms with Gasteiger partial charge in [-0.25, -0.2) is 0 Å². The van der Waals surface area contributed by atoms with Crippen LogP contribution >= 0.6 is 11.8 Å². The first kappa shape index (κ1) is 13.3. The van der Waals surface area contributed by atoms with Gasteiger partial charge in [0.15, 0.2) is 0 Å². The molecular weight excluding hydrogens is 266 g/mol. The van der Waals surface area contributed by atoms with Crippen LogP contribution in [0.2, 0.25) is 0 Å². The summed E-state index contributed by atoms with van der Waals surface area (Å²) in [6.45, 7) is 0. The molecule has 2 unspecified atom stereocenters. The van der Waals surface area contributed by atoms with Crippen molar-refractivity contribution in [1.29, 1.82) is 0 Å². The van der Waals surface area contributed by atoms with Crippen LogP contribution in [0.15, 0.2) is 60.7 Å². The summed E-state index contributed by atoms with van der Waals surface area (Å²) in [5.74, 6) is 0. The van der Waals surface area contributed by atoms with Crippen LogP contribution in [0.3, 0.4) is 0 Å². The molecule has 3 rings (SSSR count). The van der Waals surface area contributed by atoms with E-state index >= 15 is 0 Å². The van der Waals surface area contributed by atoms with E-state index in [9.17, 15) is 0 Å². The van der Waals surface area contributed by atoms with Crippen LogP contribution in [-0.4, -0.2) is 23.9 Å². The van der Waals surface area contributed by atoms with Gasteiger partial charge in [-0.3, -0.25) is 0 Å². The molecule has 0 N–H and O–H groups in total. The number of ether oxygens (including phenoxy) is 1. The fourth-order valence-electron chi connectivity index (χ4n) is 2.35. The van der Waals surface area contributed by atoms with Crippen molar-refractivity contribution in [3.05, 3.63) is 71.8 Å². The maximum Gasteiger partial charge on any atom is 0.401 e. The molecule has 20 heavy (non-hydrogen) atoms. The quantitative estimate of drug-likeness (QED) is 0.776. The molecule has 0 amide bonds. The van der Waals surface area contributed by atoms with Crippen LogP contribution in [0, 0.1) is 0 Å². The topological polar surface area (TPSA) is 12.2 Å². The summed E-state index contributed by atoms with van der Waals surface area (Å²) < 4.78 is 8.23. The zero-order valence-electron chi connectivity index (χ0n) is 11.7. The molecule has 2 aromatic rings. The third-order valence-corrected chi connectivity index (χ3v) is 4.79. The van der Waals surface area contributed by atoms with Crippen LogP contribution in [0.4, 0.5) is 0 Å². The third-order valence-electron chi connectivity index (χ3n) is 3.35. The number of thioether (sulfide) groups is 1. The first-order chi connectivity index (χ1) is 9.75. The third kappa shape index (κ3) is 2.59. The van der Waals surface area contributed by atoms with Gasteiger partial charge >= 0.3 is 5.23 Å². The lowest BCUT2D eigenvalue weighted by Crippen LogP contribution is -2.10. The fourth-order valence-corrected chi connectivity index (χ4v) is 3.57. The SMILES string of the molecule is C[N+](C)=C1OC(c2ccccc2)C(c2ccccc2)S1. The number of rotatable bonds is 2. The van der Waals surface area contributed by atoms with Crippen molar-refractivity contribution < 1.29 is 9.31 Å². The maximum atomic E-state index is 6.18. The van der Waals surface area contributed by atoms with Gasteiger partial charge in [-0.1, -0.05) is 60.7 Å². The minimum absolute atomic E-state index is 0.0704. The minimum atomic E-state index is 0.0704. The van der Waals surface area contributed by atoms with Crippen molar-refractivity contribution >= 4 is 17.0 Å². The Morgan fingerprint density at radius 1 is 0.850 bits per heavy atom. The Bertz CT molecular complexity index is 556. The Morgan fingerprint density at radius 3 is 1.95 bits per heavy atom. The molecule has 1 aliphatic rings. The fraction of sp³-hybridized carbons (Fsp3) is 0.235. The molecule has 1 heterocycles. The summed E-state index contributed by atoms with van der Waals surface area (Å²) in [4.78, 5) is 0. The highest BCUT2D eigenvalue weighted by molar-refractivity contribution is 8.13. The standard InChI is InChI=1S/C17H18NOS/c1-18(2)17-19-15(13-9-5-3-6-10-13)16(20-17)14-11-7-4-8-12-14/h3-12,15-16H,1-2H3/q+1. The molecule has 0 aromatic heterocycles. The van der Waals surface area contributed by atoms with Crippen molar-refractivity contribution in [2.45, 2.75) is 11.4 Å². The molecular formula is C17H18NOS+. The van der Waals surface area contributed by atoms with Crippen molar-refractivity contribution in [3.8, 4) is 0 Å². The van der Waals surface area contributed by atoms with Crippen LogP contribution in [-0.2, 0) is 4.74 Å². The smallest absolute Gasteiger partial charge is 0.401 e. The lowest BCUT2D eigenvalue weighted by molar-refractivity contribution is -0.471. The largest absolute Gasteiger partial charge is 0.430 e. The highest BCUT2D eigenvalue weighted by Gasteiger charge is 2.40. The zero-order valence-corrected chi connectivity index (χ0v) is 12.5. The highest BCUT2D eigenvalue weighted by Crippen LogP contribution is 2.49. The molecule has 1 saturated heterocycles. The molecule has 3 heteroatoms. The summed E-state index contributed by atoms with van der Waals surface area (Å²) in [6, 6.07) is 21.0. The van der Waals surface area contributed by atoms with E-state index in [-0.39, 0.29) is 6.10 Å². The van der Waals surface area contributed by atoms with Gasteiger partial charge in [0, 0.05) is 0 Å². The van der Waals surface area contributed by atoms with Gasteiger partial charge in [0.1, 0.15) is 20.2 Å². The first-order valence-corrected chi connectivity index (χ1v) is 7.61. The Balaban J connectivity index is 2.00. The molecule has 2 nitrogen and oxygen atoms in total. The molecule has 2 aromatic carbocycles. The number of hydrogen-bond acceptors (Lipinski definition) is 2. The second kappa shape index (κ2) is 5.71. The van der Waals surface area contributed by atoms with Crippen LogP contribution in [0.5, 0.6) is 0 Å². The minimum Gasteiger partial charge on any atom is -0.430 e. The molecule has 0 aliphatic carbocycles. The first-order valence-electron chi connectivity index (χ1n) is 6.73. The highest BCUT2D eigenvalue weighted by atomic mass is 32.2. The normalized spacial score (nSPS) is 21.6. The Morgan fingerprint density at radius 2 is 1.40 bits per heavy atom. The number of hydrogen-bond donors (Lipinski definition) is 0. The van der Waals surface area contributed by atoms with Crippen molar-refractivity contribution in [1.82, 2.24) is 0 Å². The molecule has 1 aliphatic heterocycles. The van der Waals surface area contributed by atoms with Gasteiger partial charge in [0.2, 0.25) is 0 Å². The van der Waals surface area contributed by atoms with Crippen LogP contribution in [0.25, 0.3) is 0 Å². The Labute approximate surface area is 124 Å². The molecule has 0 saturated carbocycles. The van der Waals surface area contributed by atoms with E-state index in [0.29, 0.717) is 5.25 Å². The molecule has 1 fully saturated rings. The van der Waals surface area contributed by atoms with Crippen LogP contribution < -0.4 is 0 Å². The second-order valence-electron chi connectivity index (χ2n) is 5.06. The van der Waals surface area contributed by atoms with E-state index in [2.05, 4.69) is 54.6 Å². The summed E-state index contributed by atoms with van der Waals surface area (Å²) in [5, 5.41) is 1.28. The second-order valence-corrected chi connectivity index (χ2v) is 6.15. The average Bonchev–Trinajstić information content (AvgIpc) is 2.94. The monoisotopic (exact) mass is 284 g/mol. The molecule has 102 valence electrons. The number of benzene rings is 2. The van der Waals surface area contributed by atoms with Gasteiger partial charge in [-0.2, -0.15) is 4.58 Å². The van der Waals surface area contributed by atoms with Gasteiger partial charge in [0.25, 0.3) is 0 Å². The van der Waals surface area contributed by atoms with Gasteiger partial charge in [0.05, 0.1) is 5.25 Å². The predicted molar refractivity (Wildman–Crippen MR) is 84.2 cm³/mol. The zero-order chi connectivity index (χ0) is 13.9. The summed E-state index contributed by atoms with van der Waals surface area (Å²) in [6.07, 6.45) is 0.0704. The molecule has 0 spiro atoms. The summed E-state index contributed by atoms with van der Waals surface area (Å²) in [5.41, 5.74) is 2.54. The Kier molecular flexibility index (Phi) is 3.79. The number of nitrogens with zero attached hydrogens (tertiary/aromatic N) is 1. The van der Waals surface area contributed by atoms with E-state index in [1.807, 2.05) is 24.7 Å². The van der Waals surface area contributed by atoms with Crippen molar-refractivity contribution in [2.75, 3.05) is 14.1 Å². The van der Waals surface area contributed by atoms with Gasteiger partial charge < -0.3 is 4.74 Å². The maximum absolute atomic E-state index is 6.18. The van der Waals surface area contributed by atoms with E-state index < -0.39 is 0 Å².